The number of ether oxygens (including phenoxy) is 1. The lowest BCUT2D eigenvalue weighted by atomic mass is 10.0. The SMILES string of the molecule is CC(=O)NC[C@H]1CN(c2ccc(-c3ccc(CNC(=O)CO)cc3)c(F)c2)C(=O)O1. The predicted octanol–water partition coefficient (Wildman–Crippen LogP) is 1.56. The topological polar surface area (TPSA) is 108 Å². The van der Waals surface area contributed by atoms with E-state index in [-0.39, 0.29) is 25.5 Å². The minimum atomic E-state index is -0.591. The number of aliphatic hydroxyl groups excluding tert-OH is 1. The molecule has 3 rings (SSSR count). The van der Waals surface area contributed by atoms with Crippen molar-refractivity contribution in [2.75, 3.05) is 24.6 Å². The Bertz CT molecular complexity index is 948. The molecule has 1 saturated heterocycles. The third-order valence-corrected chi connectivity index (χ3v) is 4.62. The van der Waals surface area contributed by atoms with Gasteiger partial charge < -0.3 is 20.5 Å². The highest BCUT2D eigenvalue weighted by Crippen LogP contribution is 2.29. The first kappa shape index (κ1) is 21.3. The van der Waals surface area contributed by atoms with Crippen molar-refractivity contribution in [3.63, 3.8) is 0 Å². The minimum Gasteiger partial charge on any atom is -0.442 e. The summed E-state index contributed by atoms with van der Waals surface area (Å²) in [5.74, 6) is -1.19. The smallest absolute Gasteiger partial charge is 0.414 e. The van der Waals surface area contributed by atoms with Crippen molar-refractivity contribution in [1.82, 2.24) is 10.6 Å². The van der Waals surface area contributed by atoms with Gasteiger partial charge in [-0.3, -0.25) is 14.5 Å². The molecule has 2 aromatic rings. The normalized spacial score (nSPS) is 15.6. The fourth-order valence-electron chi connectivity index (χ4n) is 3.06. The second-order valence-corrected chi connectivity index (χ2v) is 6.85. The molecule has 1 fully saturated rings. The zero-order valence-electron chi connectivity index (χ0n) is 16.4. The van der Waals surface area contributed by atoms with E-state index in [9.17, 15) is 18.8 Å². The van der Waals surface area contributed by atoms with Crippen LogP contribution in [0, 0.1) is 5.82 Å². The number of cyclic esters (lactones) is 1. The first-order chi connectivity index (χ1) is 14.4. The van der Waals surface area contributed by atoms with Crippen LogP contribution in [-0.4, -0.2) is 48.8 Å². The monoisotopic (exact) mass is 415 g/mol. The maximum atomic E-state index is 14.7. The highest BCUT2D eigenvalue weighted by molar-refractivity contribution is 5.90. The summed E-state index contributed by atoms with van der Waals surface area (Å²) in [6.45, 7) is 1.47. The molecule has 2 aromatic carbocycles. The first-order valence-electron chi connectivity index (χ1n) is 9.36. The van der Waals surface area contributed by atoms with Crippen LogP contribution in [0.1, 0.15) is 12.5 Å². The molecule has 158 valence electrons. The fraction of sp³-hybridized carbons (Fsp3) is 0.286. The van der Waals surface area contributed by atoms with Crippen LogP contribution in [0.3, 0.4) is 0 Å². The Morgan fingerprint density at radius 2 is 1.93 bits per heavy atom. The number of carbonyl (C=O) groups excluding carboxylic acids is 3. The first-order valence-corrected chi connectivity index (χ1v) is 9.36. The Kier molecular flexibility index (Phi) is 6.63. The standard InChI is InChI=1S/C21H22FN3O5/c1-13(27)23-10-17-11-25(21(29)30-17)16-6-7-18(19(22)8-16)15-4-2-14(3-5-15)9-24-20(28)12-26/h2-8,17,26H,9-12H2,1H3,(H,23,27)(H,24,28)/t17-/m0/s1. The van der Waals surface area contributed by atoms with Gasteiger partial charge in [0.1, 0.15) is 18.5 Å². The van der Waals surface area contributed by atoms with Gasteiger partial charge in [-0.15, -0.1) is 0 Å². The molecule has 0 aromatic heterocycles. The molecule has 1 heterocycles. The van der Waals surface area contributed by atoms with Crippen LogP contribution < -0.4 is 15.5 Å². The van der Waals surface area contributed by atoms with E-state index >= 15 is 0 Å². The van der Waals surface area contributed by atoms with E-state index in [1.165, 1.54) is 17.9 Å². The van der Waals surface area contributed by atoms with E-state index in [2.05, 4.69) is 10.6 Å². The average Bonchev–Trinajstić information content (AvgIpc) is 3.11. The van der Waals surface area contributed by atoms with Crippen molar-refractivity contribution in [2.45, 2.75) is 19.6 Å². The lowest BCUT2D eigenvalue weighted by Crippen LogP contribution is -2.33. The van der Waals surface area contributed by atoms with Crippen molar-refractivity contribution in [3.8, 4) is 11.1 Å². The molecule has 0 spiro atoms. The van der Waals surface area contributed by atoms with Gasteiger partial charge in [-0.2, -0.15) is 0 Å². The second-order valence-electron chi connectivity index (χ2n) is 6.85. The number of halogens is 1. The largest absolute Gasteiger partial charge is 0.442 e. The van der Waals surface area contributed by atoms with Gasteiger partial charge in [-0.25, -0.2) is 9.18 Å². The van der Waals surface area contributed by atoms with Gasteiger partial charge in [-0.1, -0.05) is 24.3 Å². The maximum Gasteiger partial charge on any atom is 0.414 e. The zero-order chi connectivity index (χ0) is 21.7. The summed E-state index contributed by atoms with van der Waals surface area (Å²) in [6, 6.07) is 11.5. The third-order valence-electron chi connectivity index (χ3n) is 4.62. The van der Waals surface area contributed by atoms with Gasteiger partial charge in [0.2, 0.25) is 11.8 Å². The van der Waals surface area contributed by atoms with Gasteiger partial charge in [0.25, 0.3) is 0 Å². The number of hydrogen-bond acceptors (Lipinski definition) is 5. The van der Waals surface area contributed by atoms with Gasteiger partial charge in [0.15, 0.2) is 0 Å². The van der Waals surface area contributed by atoms with E-state index in [0.717, 1.165) is 5.56 Å². The van der Waals surface area contributed by atoms with Crippen LogP contribution in [0.5, 0.6) is 0 Å². The van der Waals surface area contributed by atoms with E-state index in [0.29, 0.717) is 16.8 Å². The van der Waals surface area contributed by atoms with Crippen LogP contribution in [0.25, 0.3) is 11.1 Å². The summed E-state index contributed by atoms with van der Waals surface area (Å²) in [7, 11) is 0. The van der Waals surface area contributed by atoms with Crippen LogP contribution in [0.2, 0.25) is 0 Å². The molecule has 9 heteroatoms. The molecule has 0 bridgehead atoms. The molecule has 0 unspecified atom stereocenters. The summed E-state index contributed by atoms with van der Waals surface area (Å²) >= 11 is 0. The molecule has 0 aliphatic carbocycles. The molecule has 0 saturated carbocycles. The van der Waals surface area contributed by atoms with Crippen molar-refractivity contribution in [3.05, 3.63) is 53.8 Å². The summed E-state index contributed by atoms with van der Waals surface area (Å²) in [4.78, 5) is 35.5. The van der Waals surface area contributed by atoms with Crippen molar-refractivity contribution in [2.24, 2.45) is 0 Å². The second kappa shape index (κ2) is 9.36. The molecule has 0 radical (unpaired) electrons. The van der Waals surface area contributed by atoms with Crippen molar-refractivity contribution in [1.29, 1.82) is 0 Å². The average molecular weight is 415 g/mol. The maximum absolute atomic E-state index is 14.7. The predicted molar refractivity (Wildman–Crippen MR) is 107 cm³/mol. The van der Waals surface area contributed by atoms with E-state index in [1.807, 2.05) is 0 Å². The molecular weight excluding hydrogens is 393 g/mol. The number of aliphatic hydroxyl groups is 1. The Morgan fingerprint density at radius 3 is 2.57 bits per heavy atom. The Balaban J connectivity index is 1.69. The Morgan fingerprint density at radius 1 is 1.20 bits per heavy atom. The van der Waals surface area contributed by atoms with Crippen LogP contribution in [0.15, 0.2) is 42.5 Å². The van der Waals surface area contributed by atoms with Gasteiger partial charge in [0, 0.05) is 19.0 Å². The Hall–Kier alpha value is -3.46. The molecule has 3 N–H and O–H groups in total. The third kappa shape index (κ3) is 5.12. The van der Waals surface area contributed by atoms with Gasteiger partial charge >= 0.3 is 6.09 Å². The number of rotatable bonds is 7. The van der Waals surface area contributed by atoms with E-state index < -0.39 is 30.5 Å². The minimum absolute atomic E-state index is 0.198. The van der Waals surface area contributed by atoms with E-state index in [1.54, 1.807) is 36.4 Å². The molecule has 1 aliphatic rings. The number of carbonyl (C=O) groups is 3. The quantitative estimate of drug-likeness (QED) is 0.636. The van der Waals surface area contributed by atoms with Crippen LogP contribution in [0.4, 0.5) is 14.9 Å². The van der Waals surface area contributed by atoms with Gasteiger partial charge in [-0.05, 0) is 29.3 Å². The molecule has 8 nitrogen and oxygen atoms in total. The number of nitrogens with zero attached hydrogens (tertiary/aromatic N) is 1. The number of benzene rings is 2. The highest BCUT2D eigenvalue weighted by atomic mass is 19.1. The lowest BCUT2D eigenvalue weighted by molar-refractivity contribution is -0.124. The number of anilines is 1. The summed E-state index contributed by atoms with van der Waals surface area (Å²) in [5.41, 5.74) is 2.19. The van der Waals surface area contributed by atoms with E-state index in [4.69, 9.17) is 9.84 Å². The molecular formula is C21H22FN3O5. The molecule has 1 atom stereocenters. The zero-order valence-corrected chi connectivity index (χ0v) is 16.4. The van der Waals surface area contributed by atoms with Crippen LogP contribution >= 0.6 is 0 Å². The summed E-state index contributed by atoms with van der Waals surface area (Å²) < 4.78 is 19.9. The molecule has 30 heavy (non-hydrogen) atoms. The number of amides is 3. The number of hydrogen-bond donors (Lipinski definition) is 3. The van der Waals surface area contributed by atoms with Crippen molar-refractivity contribution < 1.29 is 28.6 Å². The summed E-state index contributed by atoms with van der Waals surface area (Å²) in [5, 5.41) is 13.9. The van der Waals surface area contributed by atoms with Crippen molar-refractivity contribution >= 4 is 23.6 Å². The lowest BCUT2D eigenvalue weighted by Gasteiger charge is -2.15. The number of nitrogens with one attached hydrogen (secondary N) is 2. The fourth-order valence-corrected chi connectivity index (χ4v) is 3.06. The molecule has 3 amide bonds. The Labute approximate surface area is 172 Å². The van der Waals surface area contributed by atoms with Crippen LogP contribution in [-0.2, 0) is 20.9 Å². The summed E-state index contributed by atoms with van der Waals surface area (Å²) in [6.07, 6.45) is -1.09. The van der Waals surface area contributed by atoms with Gasteiger partial charge in [0.05, 0.1) is 18.8 Å². The highest BCUT2D eigenvalue weighted by Gasteiger charge is 2.32. The molecule has 1 aliphatic heterocycles.